The summed E-state index contributed by atoms with van der Waals surface area (Å²) in [5.41, 5.74) is 0.00590. The molecule has 0 aliphatic carbocycles. The molecule has 0 saturated carbocycles. The third kappa shape index (κ3) is 3.59. The van der Waals surface area contributed by atoms with Gasteiger partial charge in [0.25, 0.3) is 0 Å². The second kappa shape index (κ2) is 5.55. The molecular weight excluding hydrogens is 287 g/mol. The Labute approximate surface area is 118 Å². The van der Waals surface area contributed by atoms with Crippen molar-refractivity contribution in [2.75, 3.05) is 0 Å². The van der Waals surface area contributed by atoms with Crippen molar-refractivity contribution in [3.05, 3.63) is 47.5 Å². The zero-order valence-corrected chi connectivity index (χ0v) is 11.0. The normalized spacial score (nSPS) is 13.1. The second-order valence-corrected chi connectivity index (χ2v) is 4.57. The Morgan fingerprint density at radius 1 is 1.33 bits per heavy atom. The van der Waals surface area contributed by atoms with E-state index in [1.807, 2.05) is 0 Å². The molecular formula is C13H12F3N3O2. The van der Waals surface area contributed by atoms with E-state index in [0.29, 0.717) is 11.1 Å². The predicted octanol–water partition coefficient (Wildman–Crippen LogP) is 2.44. The predicted molar refractivity (Wildman–Crippen MR) is 66.5 cm³/mol. The van der Waals surface area contributed by atoms with Crippen LogP contribution in [0.2, 0.25) is 0 Å². The average Bonchev–Trinajstić information content (AvgIpc) is 2.81. The van der Waals surface area contributed by atoms with Crippen LogP contribution in [0.1, 0.15) is 29.2 Å². The molecule has 0 spiro atoms. The SMILES string of the molecule is Cn1cc([C@@H](CC(=O)O)c2ccc(C(F)(F)F)nc2)cn1. The highest BCUT2D eigenvalue weighted by Crippen LogP contribution is 2.31. The zero-order valence-electron chi connectivity index (χ0n) is 11.0. The van der Waals surface area contributed by atoms with Crippen LogP contribution in [0.3, 0.4) is 0 Å². The lowest BCUT2D eigenvalue weighted by molar-refractivity contribution is -0.141. The standard InChI is InChI=1S/C13H12F3N3O2/c1-19-7-9(6-18-19)10(4-12(20)21)8-2-3-11(17-5-8)13(14,15)16/h2-3,5-7,10H,4H2,1H3,(H,20,21)/t10-/m0/s1. The van der Waals surface area contributed by atoms with E-state index in [1.54, 1.807) is 13.2 Å². The van der Waals surface area contributed by atoms with Crippen LogP contribution in [-0.2, 0) is 18.0 Å². The van der Waals surface area contributed by atoms with Gasteiger partial charge in [0.2, 0.25) is 0 Å². The van der Waals surface area contributed by atoms with E-state index in [-0.39, 0.29) is 6.42 Å². The molecule has 2 heterocycles. The van der Waals surface area contributed by atoms with Crippen LogP contribution in [0.5, 0.6) is 0 Å². The molecule has 5 nitrogen and oxygen atoms in total. The molecule has 0 radical (unpaired) electrons. The van der Waals surface area contributed by atoms with Crippen molar-refractivity contribution in [3.63, 3.8) is 0 Å². The number of aryl methyl sites for hydroxylation is 1. The number of carboxylic acids is 1. The first-order valence-corrected chi connectivity index (χ1v) is 6.01. The molecule has 0 aliphatic rings. The summed E-state index contributed by atoms with van der Waals surface area (Å²) in [4.78, 5) is 14.3. The molecule has 0 saturated heterocycles. The fraction of sp³-hybridized carbons (Fsp3) is 0.308. The molecule has 1 N–H and O–H groups in total. The summed E-state index contributed by atoms with van der Waals surface area (Å²) in [6.07, 6.45) is -0.589. The van der Waals surface area contributed by atoms with Crippen LogP contribution in [0, 0.1) is 0 Å². The highest BCUT2D eigenvalue weighted by atomic mass is 19.4. The van der Waals surface area contributed by atoms with E-state index in [4.69, 9.17) is 5.11 Å². The van der Waals surface area contributed by atoms with Gasteiger partial charge in [0.05, 0.1) is 12.6 Å². The molecule has 0 unspecified atom stereocenters. The van der Waals surface area contributed by atoms with Crippen LogP contribution in [0.25, 0.3) is 0 Å². The summed E-state index contributed by atoms with van der Waals surface area (Å²) >= 11 is 0. The largest absolute Gasteiger partial charge is 0.481 e. The number of halogens is 3. The van der Waals surface area contributed by atoms with E-state index in [2.05, 4.69) is 10.1 Å². The van der Waals surface area contributed by atoms with Gasteiger partial charge in [-0.3, -0.25) is 14.5 Å². The quantitative estimate of drug-likeness (QED) is 0.941. The number of carbonyl (C=O) groups is 1. The average molecular weight is 299 g/mol. The van der Waals surface area contributed by atoms with Gasteiger partial charge >= 0.3 is 12.1 Å². The summed E-state index contributed by atoms with van der Waals surface area (Å²) < 4.78 is 39.0. The zero-order chi connectivity index (χ0) is 15.6. The lowest BCUT2D eigenvalue weighted by atomic mass is 9.91. The molecule has 21 heavy (non-hydrogen) atoms. The van der Waals surface area contributed by atoms with Crippen LogP contribution in [-0.4, -0.2) is 25.8 Å². The lowest BCUT2D eigenvalue weighted by Crippen LogP contribution is -2.11. The topological polar surface area (TPSA) is 68.0 Å². The van der Waals surface area contributed by atoms with Gasteiger partial charge in [0, 0.05) is 25.4 Å². The van der Waals surface area contributed by atoms with Crippen molar-refractivity contribution in [1.29, 1.82) is 0 Å². The highest BCUT2D eigenvalue weighted by molar-refractivity contribution is 5.69. The molecule has 2 aromatic heterocycles. The molecule has 1 atom stereocenters. The first-order valence-electron chi connectivity index (χ1n) is 6.01. The van der Waals surface area contributed by atoms with Crippen LogP contribution < -0.4 is 0 Å². The smallest absolute Gasteiger partial charge is 0.433 e. The number of carboxylic acid groups (broad SMARTS) is 1. The third-order valence-electron chi connectivity index (χ3n) is 2.99. The Hall–Kier alpha value is -2.38. The molecule has 8 heteroatoms. The summed E-state index contributed by atoms with van der Waals surface area (Å²) in [6.45, 7) is 0. The molecule has 2 aromatic rings. The van der Waals surface area contributed by atoms with E-state index >= 15 is 0 Å². The minimum Gasteiger partial charge on any atom is -0.481 e. The van der Waals surface area contributed by atoms with Gasteiger partial charge in [0.1, 0.15) is 5.69 Å². The number of alkyl halides is 3. The molecule has 0 amide bonds. The fourth-order valence-electron chi connectivity index (χ4n) is 2.00. The molecule has 2 rings (SSSR count). The van der Waals surface area contributed by atoms with Gasteiger partial charge in [-0.1, -0.05) is 6.07 Å². The van der Waals surface area contributed by atoms with Crippen molar-refractivity contribution >= 4 is 5.97 Å². The summed E-state index contributed by atoms with van der Waals surface area (Å²) in [7, 11) is 1.67. The maximum Gasteiger partial charge on any atom is 0.433 e. The van der Waals surface area contributed by atoms with Crippen molar-refractivity contribution in [2.24, 2.45) is 7.05 Å². The number of hydrogen-bond donors (Lipinski definition) is 1. The van der Waals surface area contributed by atoms with Gasteiger partial charge < -0.3 is 5.11 Å². The Morgan fingerprint density at radius 2 is 2.05 bits per heavy atom. The van der Waals surface area contributed by atoms with Crippen molar-refractivity contribution in [3.8, 4) is 0 Å². The minimum absolute atomic E-state index is 0.251. The maximum absolute atomic E-state index is 12.5. The summed E-state index contributed by atoms with van der Waals surface area (Å²) in [5.74, 6) is -1.64. The molecule has 0 aromatic carbocycles. The number of hydrogen-bond acceptors (Lipinski definition) is 3. The van der Waals surface area contributed by atoms with E-state index in [9.17, 15) is 18.0 Å². The van der Waals surface area contributed by atoms with Crippen molar-refractivity contribution in [2.45, 2.75) is 18.5 Å². The Bertz CT molecular complexity index is 635. The minimum atomic E-state index is -4.52. The van der Waals surface area contributed by atoms with Crippen LogP contribution in [0.15, 0.2) is 30.7 Å². The van der Waals surface area contributed by atoms with Crippen molar-refractivity contribution < 1.29 is 23.1 Å². The van der Waals surface area contributed by atoms with Gasteiger partial charge in [0.15, 0.2) is 0 Å². The number of rotatable bonds is 4. The molecule has 0 aliphatic heterocycles. The van der Waals surface area contributed by atoms with Crippen LogP contribution in [0.4, 0.5) is 13.2 Å². The van der Waals surface area contributed by atoms with Gasteiger partial charge in [-0.15, -0.1) is 0 Å². The van der Waals surface area contributed by atoms with Gasteiger partial charge in [-0.2, -0.15) is 18.3 Å². The number of aromatic nitrogens is 3. The van der Waals surface area contributed by atoms with E-state index in [1.165, 1.54) is 16.9 Å². The Kier molecular flexibility index (Phi) is 3.97. The van der Waals surface area contributed by atoms with Crippen LogP contribution >= 0.6 is 0 Å². The first-order chi connectivity index (χ1) is 9.77. The molecule has 112 valence electrons. The van der Waals surface area contributed by atoms with E-state index in [0.717, 1.165) is 12.3 Å². The Balaban J connectivity index is 2.35. The number of pyridine rings is 1. The summed E-state index contributed by atoms with van der Waals surface area (Å²) in [6, 6.07) is 2.09. The lowest BCUT2D eigenvalue weighted by Gasteiger charge is -2.14. The van der Waals surface area contributed by atoms with Gasteiger partial charge in [-0.25, -0.2) is 0 Å². The second-order valence-electron chi connectivity index (χ2n) is 4.57. The molecule has 0 bridgehead atoms. The Morgan fingerprint density at radius 3 is 2.48 bits per heavy atom. The number of aliphatic carboxylic acids is 1. The number of nitrogens with zero attached hydrogens (tertiary/aromatic N) is 3. The first kappa shape index (κ1) is 15.0. The highest BCUT2D eigenvalue weighted by Gasteiger charge is 2.32. The van der Waals surface area contributed by atoms with Gasteiger partial charge in [-0.05, 0) is 17.2 Å². The van der Waals surface area contributed by atoms with E-state index < -0.39 is 23.8 Å². The summed E-state index contributed by atoms with van der Waals surface area (Å²) in [5, 5.41) is 12.9. The third-order valence-corrected chi connectivity index (χ3v) is 2.99. The fourth-order valence-corrected chi connectivity index (χ4v) is 2.00. The maximum atomic E-state index is 12.5. The molecule has 0 fully saturated rings. The van der Waals surface area contributed by atoms with Crippen molar-refractivity contribution in [1.82, 2.24) is 14.8 Å². The monoisotopic (exact) mass is 299 g/mol.